The standard InChI is InChI=1S/C29H28O2/c30-28(31)25-14-15-27-24(18-25)12-7-13-26-19-23(22-10-5-2-6-11-22)16-17-29(26,27)20-21-8-3-1-4-9-21/h1-6,8-11,14-16,18,26H,7,12-13,17,19-20H2,(H,30,31)/t26-,29-/m1/s1. The number of carboxylic acids is 1. The number of aromatic carboxylic acids is 1. The van der Waals surface area contributed by atoms with Gasteiger partial charge in [-0.25, -0.2) is 4.79 Å². The van der Waals surface area contributed by atoms with Crippen molar-refractivity contribution >= 4 is 11.5 Å². The van der Waals surface area contributed by atoms with E-state index in [4.69, 9.17) is 0 Å². The van der Waals surface area contributed by atoms with Crippen LogP contribution in [-0.4, -0.2) is 11.1 Å². The highest BCUT2D eigenvalue weighted by molar-refractivity contribution is 5.88. The molecule has 2 nitrogen and oxygen atoms in total. The highest BCUT2D eigenvalue weighted by Gasteiger charge is 2.44. The number of benzene rings is 3. The van der Waals surface area contributed by atoms with Gasteiger partial charge in [0, 0.05) is 5.41 Å². The van der Waals surface area contributed by atoms with Gasteiger partial charge in [0.25, 0.3) is 0 Å². The van der Waals surface area contributed by atoms with Gasteiger partial charge < -0.3 is 5.11 Å². The summed E-state index contributed by atoms with van der Waals surface area (Å²) in [6, 6.07) is 27.4. The third-order valence-electron chi connectivity index (χ3n) is 7.35. The quantitative estimate of drug-likeness (QED) is 0.522. The average molecular weight is 409 g/mol. The van der Waals surface area contributed by atoms with Crippen molar-refractivity contribution in [3.05, 3.63) is 113 Å². The zero-order valence-corrected chi connectivity index (χ0v) is 17.8. The second-order valence-electron chi connectivity index (χ2n) is 9.09. The fourth-order valence-electron chi connectivity index (χ4n) is 5.84. The zero-order chi connectivity index (χ0) is 21.3. The molecule has 0 fully saturated rings. The number of aryl methyl sites for hydroxylation is 1. The van der Waals surface area contributed by atoms with Crippen LogP contribution in [0.25, 0.3) is 5.57 Å². The van der Waals surface area contributed by atoms with E-state index in [2.05, 4.69) is 72.8 Å². The fourth-order valence-corrected chi connectivity index (χ4v) is 5.84. The summed E-state index contributed by atoms with van der Waals surface area (Å²) in [7, 11) is 0. The van der Waals surface area contributed by atoms with Crippen LogP contribution in [0.5, 0.6) is 0 Å². The first-order valence-electron chi connectivity index (χ1n) is 11.3. The van der Waals surface area contributed by atoms with Crippen molar-refractivity contribution in [1.29, 1.82) is 0 Å². The summed E-state index contributed by atoms with van der Waals surface area (Å²) < 4.78 is 0. The molecule has 31 heavy (non-hydrogen) atoms. The molecule has 0 bridgehead atoms. The van der Waals surface area contributed by atoms with E-state index in [-0.39, 0.29) is 5.41 Å². The maximum absolute atomic E-state index is 11.6. The lowest BCUT2D eigenvalue weighted by molar-refractivity contribution is 0.0696. The summed E-state index contributed by atoms with van der Waals surface area (Å²) in [5.74, 6) is -0.291. The normalized spacial score (nSPS) is 22.6. The first kappa shape index (κ1) is 19.8. The van der Waals surface area contributed by atoms with Crippen LogP contribution in [-0.2, 0) is 18.3 Å². The molecular formula is C29H28O2. The van der Waals surface area contributed by atoms with E-state index in [1.165, 1.54) is 34.2 Å². The maximum Gasteiger partial charge on any atom is 0.335 e. The van der Waals surface area contributed by atoms with Gasteiger partial charge in [0.15, 0.2) is 0 Å². The van der Waals surface area contributed by atoms with E-state index in [1.54, 1.807) is 0 Å². The number of allylic oxidation sites excluding steroid dienone is 2. The van der Waals surface area contributed by atoms with Crippen molar-refractivity contribution < 1.29 is 9.90 Å². The van der Waals surface area contributed by atoms with Gasteiger partial charge in [0.1, 0.15) is 0 Å². The van der Waals surface area contributed by atoms with Gasteiger partial charge in [0.05, 0.1) is 5.56 Å². The molecule has 3 aromatic carbocycles. The molecule has 5 rings (SSSR count). The molecule has 156 valence electrons. The van der Waals surface area contributed by atoms with Crippen molar-refractivity contribution in [3.63, 3.8) is 0 Å². The lowest BCUT2D eigenvalue weighted by Crippen LogP contribution is -2.39. The minimum absolute atomic E-state index is 0.0164. The summed E-state index contributed by atoms with van der Waals surface area (Å²) in [5, 5.41) is 9.54. The molecule has 0 radical (unpaired) electrons. The van der Waals surface area contributed by atoms with Crippen molar-refractivity contribution in [2.45, 2.75) is 43.9 Å². The van der Waals surface area contributed by atoms with Gasteiger partial charge >= 0.3 is 5.97 Å². The van der Waals surface area contributed by atoms with Gasteiger partial charge in [-0.15, -0.1) is 0 Å². The number of carbonyl (C=O) groups is 1. The molecule has 2 aliphatic rings. The van der Waals surface area contributed by atoms with E-state index in [0.29, 0.717) is 11.5 Å². The molecule has 1 N–H and O–H groups in total. The number of carboxylic acid groups (broad SMARTS) is 1. The van der Waals surface area contributed by atoms with Crippen molar-refractivity contribution in [2.24, 2.45) is 5.92 Å². The van der Waals surface area contributed by atoms with E-state index >= 15 is 0 Å². The topological polar surface area (TPSA) is 37.3 Å². The van der Waals surface area contributed by atoms with Crippen molar-refractivity contribution in [2.75, 3.05) is 0 Å². The monoisotopic (exact) mass is 408 g/mol. The van der Waals surface area contributed by atoms with Crippen LogP contribution in [0, 0.1) is 5.92 Å². The van der Waals surface area contributed by atoms with Gasteiger partial charge in [-0.1, -0.05) is 72.8 Å². The Kier molecular flexibility index (Phi) is 5.23. The predicted octanol–water partition coefficient (Wildman–Crippen LogP) is 6.70. The highest BCUT2D eigenvalue weighted by atomic mass is 16.4. The Morgan fingerprint density at radius 3 is 2.45 bits per heavy atom. The van der Waals surface area contributed by atoms with Gasteiger partial charge in [-0.3, -0.25) is 0 Å². The molecule has 0 aliphatic heterocycles. The Morgan fingerprint density at radius 2 is 1.71 bits per heavy atom. The first-order valence-corrected chi connectivity index (χ1v) is 11.3. The summed E-state index contributed by atoms with van der Waals surface area (Å²) in [6.07, 6.45) is 8.77. The Bertz CT molecular complexity index is 1110. The van der Waals surface area contributed by atoms with Crippen LogP contribution in [0.2, 0.25) is 0 Å². The molecule has 3 aromatic rings. The SMILES string of the molecule is O=C(O)c1ccc2c(c1)CCC[C@@H]1CC(c3ccccc3)=CC[C@]21Cc1ccccc1. The van der Waals surface area contributed by atoms with Crippen LogP contribution < -0.4 is 0 Å². The van der Waals surface area contributed by atoms with Crippen LogP contribution in [0.1, 0.15) is 58.3 Å². The maximum atomic E-state index is 11.6. The zero-order valence-electron chi connectivity index (χ0n) is 17.8. The first-order chi connectivity index (χ1) is 15.2. The molecule has 2 heteroatoms. The highest BCUT2D eigenvalue weighted by Crippen LogP contribution is 2.52. The van der Waals surface area contributed by atoms with Crippen LogP contribution >= 0.6 is 0 Å². The molecule has 0 spiro atoms. The van der Waals surface area contributed by atoms with Gasteiger partial charge in [0.2, 0.25) is 0 Å². The fraction of sp³-hybridized carbons (Fsp3) is 0.276. The Labute approximate surface area is 184 Å². The van der Waals surface area contributed by atoms with Gasteiger partial charge in [-0.05, 0) is 84.4 Å². The summed E-state index contributed by atoms with van der Waals surface area (Å²) in [6.45, 7) is 0. The third-order valence-corrected chi connectivity index (χ3v) is 7.35. The molecule has 2 aliphatic carbocycles. The smallest absolute Gasteiger partial charge is 0.335 e. The number of hydrogen-bond acceptors (Lipinski definition) is 1. The van der Waals surface area contributed by atoms with Crippen molar-refractivity contribution in [1.82, 2.24) is 0 Å². The Hall–Kier alpha value is -3.13. The van der Waals surface area contributed by atoms with Crippen LogP contribution in [0.15, 0.2) is 84.9 Å². The molecule has 0 amide bonds. The Morgan fingerprint density at radius 1 is 0.968 bits per heavy atom. The lowest BCUT2D eigenvalue weighted by atomic mass is 9.59. The predicted molar refractivity (Wildman–Crippen MR) is 125 cm³/mol. The van der Waals surface area contributed by atoms with Gasteiger partial charge in [-0.2, -0.15) is 0 Å². The van der Waals surface area contributed by atoms with E-state index < -0.39 is 5.97 Å². The number of hydrogen-bond donors (Lipinski definition) is 1. The molecular weight excluding hydrogens is 380 g/mol. The Balaban J connectivity index is 1.63. The molecule has 0 aromatic heterocycles. The largest absolute Gasteiger partial charge is 0.478 e. The molecule has 0 saturated carbocycles. The molecule has 2 atom stereocenters. The summed E-state index contributed by atoms with van der Waals surface area (Å²) in [4.78, 5) is 11.6. The lowest BCUT2D eigenvalue weighted by Gasteiger charge is -2.44. The van der Waals surface area contributed by atoms with E-state index in [9.17, 15) is 9.90 Å². The van der Waals surface area contributed by atoms with Crippen molar-refractivity contribution in [3.8, 4) is 0 Å². The van der Waals surface area contributed by atoms with Crippen LogP contribution in [0.3, 0.4) is 0 Å². The number of fused-ring (bicyclic) bond motifs is 3. The van der Waals surface area contributed by atoms with E-state index in [1.807, 2.05) is 12.1 Å². The second-order valence-corrected chi connectivity index (χ2v) is 9.09. The third kappa shape index (κ3) is 3.72. The molecule has 0 unspecified atom stereocenters. The number of rotatable bonds is 4. The van der Waals surface area contributed by atoms with E-state index in [0.717, 1.165) is 32.1 Å². The minimum atomic E-state index is -0.837. The molecule has 0 heterocycles. The molecule has 0 saturated heterocycles. The second kappa shape index (κ2) is 8.19. The van der Waals surface area contributed by atoms with Crippen LogP contribution in [0.4, 0.5) is 0 Å². The minimum Gasteiger partial charge on any atom is -0.478 e. The summed E-state index contributed by atoms with van der Waals surface area (Å²) >= 11 is 0. The average Bonchev–Trinajstić information content (AvgIpc) is 2.96. The summed E-state index contributed by atoms with van der Waals surface area (Å²) in [5.41, 5.74) is 7.17.